The first-order chi connectivity index (χ1) is 10.3. The van der Waals surface area contributed by atoms with Crippen molar-refractivity contribution in [1.82, 2.24) is 0 Å². The van der Waals surface area contributed by atoms with Crippen molar-refractivity contribution in [3.05, 3.63) is 48.5 Å². The van der Waals surface area contributed by atoms with Crippen molar-refractivity contribution in [2.24, 2.45) is 0 Å². The Labute approximate surface area is 133 Å². The number of amides is 1. The van der Waals surface area contributed by atoms with E-state index in [1.807, 2.05) is 0 Å². The Kier molecular flexibility index (Phi) is 5.10. The van der Waals surface area contributed by atoms with Gasteiger partial charge in [-0.1, -0.05) is 0 Å². The van der Waals surface area contributed by atoms with E-state index in [-0.39, 0.29) is 22.3 Å². The van der Waals surface area contributed by atoms with E-state index in [0.29, 0.717) is 5.69 Å². The molecule has 2 rings (SSSR count). The number of carbonyl (C=O) groups is 1. The molecule has 0 fully saturated rings. The molecule has 0 aromatic heterocycles. The summed E-state index contributed by atoms with van der Waals surface area (Å²) in [6, 6.07) is 12.6. The Morgan fingerprint density at radius 1 is 1.09 bits per heavy atom. The summed E-state index contributed by atoms with van der Waals surface area (Å²) >= 11 is 1.34. The van der Waals surface area contributed by atoms with Crippen molar-refractivity contribution in [2.75, 3.05) is 17.3 Å². The highest BCUT2D eigenvalue weighted by Crippen LogP contribution is 2.21. The van der Waals surface area contributed by atoms with Gasteiger partial charge < -0.3 is 10.4 Å². The summed E-state index contributed by atoms with van der Waals surface area (Å²) < 4.78 is 22.7. The lowest BCUT2D eigenvalue weighted by Gasteiger charge is -2.06. The fourth-order valence-electron chi connectivity index (χ4n) is 1.67. The molecule has 5 nitrogen and oxygen atoms in total. The SMILES string of the molecule is CS(=O)(=O)c1ccc(NC(=O)CSc2ccc(O)cc2)cc1. The van der Waals surface area contributed by atoms with Gasteiger partial charge in [0.2, 0.25) is 5.91 Å². The van der Waals surface area contributed by atoms with E-state index in [1.54, 1.807) is 36.4 Å². The molecular formula is C15H15NO4S2. The van der Waals surface area contributed by atoms with Gasteiger partial charge in [0.1, 0.15) is 5.75 Å². The molecule has 0 aliphatic rings. The van der Waals surface area contributed by atoms with Crippen LogP contribution in [0, 0.1) is 0 Å². The molecule has 0 saturated carbocycles. The van der Waals surface area contributed by atoms with Crippen LogP contribution in [0.1, 0.15) is 0 Å². The number of hydrogen-bond donors (Lipinski definition) is 2. The Morgan fingerprint density at radius 2 is 1.68 bits per heavy atom. The van der Waals surface area contributed by atoms with Gasteiger partial charge in [0.05, 0.1) is 10.6 Å². The molecule has 0 heterocycles. The predicted octanol–water partition coefficient (Wildman–Crippen LogP) is 2.53. The van der Waals surface area contributed by atoms with Gasteiger partial charge >= 0.3 is 0 Å². The zero-order valence-corrected chi connectivity index (χ0v) is 13.4. The molecule has 0 radical (unpaired) electrons. The van der Waals surface area contributed by atoms with Gasteiger partial charge in [0.15, 0.2) is 9.84 Å². The molecule has 0 aliphatic heterocycles. The first-order valence-corrected chi connectivity index (χ1v) is 9.24. The van der Waals surface area contributed by atoms with Gasteiger partial charge in [0, 0.05) is 16.8 Å². The Morgan fingerprint density at radius 3 is 2.23 bits per heavy atom. The van der Waals surface area contributed by atoms with Crippen molar-refractivity contribution in [2.45, 2.75) is 9.79 Å². The number of rotatable bonds is 5. The number of phenols is 1. The standard InChI is InChI=1S/C15H15NO4S2/c1-22(19,20)14-8-2-11(3-9-14)16-15(18)10-21-13-6-4-12(17)5-7-13/h2-9,17H,10H2,1H3,(H,16,18). The first-order valence-electron chi connectivity index (χ1n) is 6.36. The Balaban J connectivity index is 1.90. The minimum absolute atomic E-state index is 0.180. The van der Waals surface area contributed by atoms with Gasteiger partial charge in [0.25, 0.3) is 0 Å². The first kappa shape index (κ1) is 16.4. The highest BCUT2D eigenvalue weighted by Gasteiger charge is 2.08. The van der Waals surface area contributed by atoms with E-state index in [9.17, 15) is 18.3 Å². The van der Waals surface area contributed by atoms with E-state index in [2.05, 4.69) is 5.32 Å². The van der Waals surface area contributed by atoms with Gasteiger partial charge in [-0.3, -0.25) is 4.79 Å². The number of anilines is 1. The third-order valence-corrected chi connectivity index (χ3v) is 4.91. The zero-order valence-electron chi connectivity index (χ0n) is 11.8. The molecule has 0 atom stereocenters. The third kappa shape index (κ3) is 4.78. The van der Waals surface area contributed by atoms with Crippen molar-refractivity contribution in [1.29, 1.82) is 0 Å². The van der Waals surface area contributed by atoms with Crippen molar-refractivity contribution in [3.63, 3.8) is 0 Å². The molecule has 0 spiro atoms. The summed E-state index contributed by atoms with van der Waals surface area (Å²) in [7, 11) is -3.24. The average Bonchev–Trinajstić information content (AvgIpc) is 2.46. The zero-order chi connectivity index (χ0) is 16.2. The summed E-state index contributed by atoms with van der Waals surface area (Å²) in [5, 5.41) is 11.9. The Hall–Kier alpha value is -1.99. The third-order valence-electron chi connectivity index (χ3n) is 2.77. The number of hydrogen-bond acceptors (Lipinski definition) is 5. The number of thioether (sulfide) groups is 1. The molecule has 2 N–H and O–H groups in total. The maximum atomic E-state index is 11.8. The largest absolute Gasteiger partial charge is 0.508 e. The quantitative estimate of drug-likeness (QED) is 0.819. The second-order valence-electron chi connectivity index (χ2n) is 4.63. The van der Waals surface area contributed by atoms with Crippen LogP contribution < -0.4 is 5.32 Å². The van der Waals surface area contributed by atoms with Crippen LogP contribution in [0.4, 0.5) is 5.69 Å². The molecule has 0 bridgehead atoms. The maximum absolute atomic E-state index is 11.8. The number of carbonyl (C=O) groups excluding carboxylic acids is 1. The van der Waals surface area contributed by atoms with Crippen LogP contribution >= 0.6 is 11.8 Å². The van der Waals surface area contributed by atoms with Crippen LogP contribution in [-0.4, -0.2) is 31.4 Å². The molecular weight excluding hydrogens is 322 g/mol. The van der Waals surface area contributed by atoms with Crippen molar-refractivity contribution in [3.8, 4) is 5.75 Å². The molecule has 2 aromatic carbocycles. The van der Waals surface area contributed by atoms with Crippen LogP contribution in [0.3, 0.4) is 0 Å². The number of benzene rings is 2. The molecule has 22 heavy (non-hydrogen) atoms. The highest BCUT2D eigenvalue weighted by atomic mass is 32.2. The van der Waals surface area contributed by atoms with Gasteiger partial charge in [-0.2, -0.15) is 0 Å². The van der Waals surface area contributed by atoms with Crippen LogP contribution in [-0.2, 0) is 14.6 Å². The Bertz CT molecular complexity index is 753. The number of phenolic OH excluding ortho intramolecular Hbond substituents is 1. The van der Waals surface area contributed by atoms with E-state index in [1.165, 1.54) is 23.9 Å². The van der Waals surface area contributed by atoms with E-state index >= 15 is 0 Å². The fraction of sp³-hybridized carbons (Fsp3) is 0.133. The van der Waals surface area contributed by atoms with Crippen LogP contribution in [0.2, 0.25) is 0 Å². The van der Waals surface area contributed by atoms with Gasteiger partial charge in [-0.25, -0.2) is 8.42 Å². The summed E-state index contributed by atoms with van der Waals surface area (Å²) in [5.74, 6) is 0.212. The number of aromatic hydroxyl groups is 1. The molecule has 0 unspecified atom stereocenters. The lowest BCUT2D eigenvalue weighted by Crippen LogP contribution is -2.14. The smallest absolute Gasteiger partial charge is 0.234 e. The molecule has 2 aromatic rings. The molecule has 0 saturated heterocycles. The lowest BCUT2D eigenvalue weighted by molar-refractivity contribution is -0.113. The summed E-state index contributed by atoms with van der Waals surface area (Å²) in [4.78, 5) is 12.9. The van der Waals surface area contributed by atoms with Gasteiger partial charge in [-0.05, 0) is 48.5 Å². The van der Waals surface area contributed by atoms with Crippen LogP contribution in [0.25, 0.3) is 0 Å². The monoisotopic (exact) mass is 337 g/mol. The van der Waals surface area contributed by atoms with Crippen molar-refractivity contribution < 1.29 is 18.3 Å². The predicted molar refractivity (Wildman–Crippen MR) is 87.0 cm³/mol. The summed E-state index contributed by atoms with van der Waals surface area (Å²) in [6.45, 7) is 0. The van der Waals surface area contributed by atoms with Crippen molar-refractivity contribution >= 4 is 33.2 Å². The second kappa shape index (κ2) is 6.85. The average molecular weight is 337 g/mol. The minimum atomic E-state index is -3.24. The topological polar surface area (TPSA) is 83.5 Å². The van der Waals surface area contributed by atoms with Crippen LogP contribution in [0.15, 0.2) is 58.3 Å². The highest BCUT2D eigenvalue weighted by molar-refractivity contribution is 8.00. The second-order valence-corrected chi connectivity index (χ2v) is 7.69. The lowest BCUT2D eigenvalue weighted by atomic mass is 10.3. The molecule has 116 valence electrons. The maximum Gasteiger partial charge on any atom is 0.234 e. The summed E-state index contributed by atoms with van der Waals surface area (Å²) in [6.07, 6.45) is 1.13. The minimum Gasteiger partial charge on any atom is -0.508 e. The van der Waals surface area contributed by atoms with E-state index in [0.717, 1.165) is 11.2 Å². The van der Waals surface area contributed by atoms with E-state index in [4.69, 9.17) is 0 Å². The fourth-order valence-corrected chi connectivity index (χ4v) is 3.00. The molecule has 1 amide bonds. The van der Waals surface area contributed by atoms with Gasteiger partial charge in [-0.15, -0.1) is 11.8 Å². The van der Waals surface area contributed by atoms with E-state index < -0.39 is 9.84 Å². The number of sulfone groups is 1. The number of nitrogens with one attached hydrogen (secondary N) is 1. The van der Waals surface area contributed by atoms with Crippen LogP contribution in [0.5, 0.6) is 5.75 Å². The normalized spacial score (nSPS) is 11.1. The molecule has 0 aliphatic carbocycles. The summed E-state index contributed by atoms with van der Waals surface area (Å²) in [5.41, 5.74) is 0.545. The molecule has 7 heteroatoms.